The first-order chi connectivity index (χ1) is 11.2. The van der Waals surface area contributed by atoms with E-state index in [1.165, 1.54) is 12.1 Å². The fraction of sp³-hybridized carbons (Fsp3) is 0.353. The molecule has 2 aromatic rings. The van der Waals surface area contributed by atoms with E-state index in [4.69, 9.17) is 0 Å². The van der Waals surface area contributed by atoms with Crippen molar-refractivity contribution in [2.75, 3.05) is 26.2 Å². The van der Waals surface area contributed by atoms with E-state index in [9.17, 15) is 9.18 Å². The molecule has 5 nitrogen and oxygen atoms in total. The molecule has 0 bridgehead atoms. The number of carbonyl (C=O) groups excluding carboxylic acids is 1. The van der Waals surface area contributed by atoms with Crippen LogP contribution in [0.1, 0.15) is 10.4 Å². The van der Waals surface area contributed by atoms with Crippen LogP contribution in [0.2, 0.25) is 0 Å². The van der Waals surface area contributed by atoms with Crippen LogP contribution in [0.3, 0.4) is 0 Å². The van der Waals surface area contributed by atoms with Crippen molar-refractivity contribution in [2.24, 2.45) is 11.8 Å². The lowest BCUT2D eigenvalue weighted by atomic mass is 10.0. The third-order valence-electron chi connectivity index (χ3n) is 4.70. The molecule has 3 heterocycles. The van der Waals surface area contributed by atoms with Gasteiger partial charge >= 0.3 is 0 Å². The lowest BCUT2D eigenvalue weighted by Crippen LogP contribution is -2.32. The first kappa shape index (κ1) is 14.3. The largest absolute Gasteiger partial charge is 0.338 e. The Kier molecular flexibility index (Phi) is 3.53. The van der Waals surface area contributed by atoms with Gasteiger partial charge in [0.15, 0.2) is 5.82 Å². The number of halogens is 1. The molecule has 1 N–H and O–H groups in total. The molecule has 2 fully saturated rings. The summed E-state index contributed by atoms with van der Waals surface area (Å²) in [6, 6.07) is 5.92. The molecule has 6 heteroatoms. The molecular weight excluding hydrogens is 295 g/mol. The predicted octanol–water partition coefficient (Wildman–Crippen LogP) is 1.57. The highest BCUT2D eigenvalue weighted by atomic mass is 19.1. The van der Waals surface area contributed by atoms with Crippen LogP contribution < -0.4 is 5.32 Å². The summed E-state index contributed by atoms with van der Waals surface area (Å²) < 4.78 is 13.7. The maximum atomic E-state index is 13.7. The molecule has 1 aromatic carbocycles. The number of carbonyl (C=O) groups is 1. The van der Waals surface area contributed by atoms with E-state index in [0.717, 1.165) is 26.2 Å². The molecule has 0 saturated carbocycles. The lowest BCUT2D eigenvalue weighted by molar-refractivity contribution is 0.0782. The molecule has 1 aromatic heterocycles. The zero-order valence-electron chi connectivity index (χ0n) is 12.6. The summed E-state index contributed by atoms with van der Waals surface area (Å²) in [5.41, 5.74) is 0.913. The molecule has 4 rings (SSSR count). The van der Waals surface area contributed by atoms with Crippen molar-refractivity contribution < 1.29 is 9.18 Å². The van der Waals surface area contributed by atoms with Gasteiger partial charge in [0.05, 0.1) is 5.56 Å². The molecule has 23 heavy (non-hydrogen) atoms. The molecule has 2 atom stereocenters. The molecule has 2 saturated heterocycles. The number of hydrogen-bond donors (Lipinski definition) is 1. The van der Waals surface area contributed by atoms with Gasteiger partial charge in [-0.1, -0.05) is 0 Å². The molecular formula is C17H17FN4O. The van der Waals surface area contributed by atoms with Gasteiger partial charge in [0, 0.05) is 44.1 Å². The van der Waals surface area contributed by atoms with E-state index in [0.29, 0.717) is 28.8 Å². The zero-order valence-corrected chi connectivity index (χ0v) is 12.6. The monoisotopic (exact) mass is 312 g/mol. The predicted molar refractivity (Wildman–Crippen MR) is 83.2 cm³/mol. The normalized spacial score (nSPS) is 23.1. The van der Waals surface area contributed by atoms with E-state index in [-0.39, 0.29) is 5.91 Å². The van der Waals surface area contributed by atoms with Crippen molar-refractivity contribution in [3.05, 3.63) is 48.0 Å². The van der Waals surface area contributed by atoms with Gasteiger partial charge in [-0.3, -0.25) is 4.79 Å². The average Bonchev–Trinajstić information content (AvgIpc) is 3.16. The van der Waals surface area contributed by atoms with E-state index < -0.39 is 5.82 Å². The maximum Gasteiger partial charge on any atom is 0.254 e. The number of likely N-dealkylation sites (tertiary alicyclic amines) is 1. The van der Waals surface area contributed by atoms with Crippen molar-refractivity contribution in [2.45, 2.75) is 0 Å². The van der Waals surface area contributed by atoms with Crippen molar-refractivity contribution in [3.63, 3.8) is 0 Å². The minimum absolute atomic E-state index is 0.138. The van der Waals surface area contributed by atoms with Gasteiger partial charge in [0.25, 0.3) is 5.91 Å². The van der Waals surface area contributed by atoms with Crippen LogP contribution in [0.25, 0.3) is 11.4 Å². The first-order valence-corrected chi connectivity index (χ1v) is 7.79. The fourth-order valence-electron chi connectivity index (χ4n) is 3.52. The fourth-order valence-corrected chi connectivity index (χ4v) is 3.52. The smallest absolute Gasteiger partial charge is 0.254 e. The highest BCUT2D eigenvalue weighted by Crippen LogP contribution is 2.29. The van der Waals surface area contributed by atoms with Crippen molar-refractivity contribution >= 4 is 5.91 Å². The van der Waals surface area contributed by atoms with E-state index in [1.807, 2.05) is 4.90 Å². The molecule has 0 radical (unpaired) electrons. The van der Waals surface area contributed by atoms with Gasteiger partial charge in [-0.05, 0) is 36.1 Å². The summed E-state index contributed by atoms with van der Waals surface area (Å²) in [5, 5.41) is 3.35. The number of nitrogens with zero attached hydrogens (tertiary/aromatic N) is 3. The number of aromatic nitrogens is 2. The average molecular weight is 312 g/mol. The minimum Gasteiger partial charge on any atom is -0.338 e. The van der Waals surface area contributed by atoms with Crippen LogP contribution in [0.4, 0.5) is 4.39 Å². The number of rotatable bonds is 2. The Hall–Kier alpha value is -2.34. The molecule has 2 aliphatic heterocycles. The minimum atomic E-state index is -0.422. The Morgan fingerprint density at radius 2 is 1.87 bits per heavy atom. The number of nitrogens with one attached hydrogen (secondary N) is 1. The Morgan fingerprint density at radius 1 is 1.17 bits per heavy atom. The van der Waals surface area contributed by atoms with E-state index in [1.54, 1.807) is 24.5 Å². The van der Waals surface area contributed by atoms with Crippen LogP contribution in [-0.2, 0) is 0 Å². The highest BCUT2D eigenvalue weighted by Gasteiger charge is 2.38. The van der Waals surface area contributed by atoms with Crippen molar-refractivity contribution in [1.82, 2.24) is 20.2 Å². The van der Waals surface area contributed by atoms with Gasteiger partial charge in [0.2, 0.25) is 0 Å². The number of fused-ring (bicyclic) bond motifs is 1. The van der Waals surface area contributed by atoms with Gasteiger partial charge < -0.3 is 10.2 Å². The van der Waals surface area contributed by atoms with E-state index >= 15 is 0 Å². The molecule has 0 aliphatic carbocycles. The van der Waals surface area contributed by atoms with Crippen LogP contribution in [0.5, 0.6) is 0 Å². The van der Waals surface area contributed by atoms with Crippen LogP contribution >= 0.6 is 0 Å². The summed E-state index contributed by atoms with van der Waals surface area (Å²) in [4.78, 5) is 23.1. The van der Waals surface area contributed by atoms with Crippen molar-refractivity contribution in [1.29, 1.82) is 0 Å². The topological polar surface area (TPSA) is 58.1 Å². The number of benzene rings is 1. The summed E-state index contributed by atoms with van der Waals surface area (Å²) in [7, 11) is 0. The number of amides is 1. The maximum absolute atomic E-state index is 13.7. The Labute approximate surface area is 133 Å². The van der Waals surface area contributed by atoms with Gasteiger partial charge in [0.1, 0.15) is 5.82 Å². The quantitative estimate of drug-likeness (QED) is 0.914. The molecule has 118 valence electrons. The molecule has 2 aliphatic rings. The summed E-state index contributed by atoms with van der Waals surface area (Å²) >= 11 is 0. The molecule has 1 amide bonds. The third kappa shape index (κ3) is 2.59. The molecule has 2 unspecified atom stereocenters. The van der Waals surface area contributed by atoms with Crippen LogP contribution in [-0.4, -0.2) is 47.0 Å². The second kappa shape index (κ2) is 5.70. The van der Waals surface area contributed by atoms with Gasteiger partial charge in [-0.25, -0.2) is 14.4 Å². The zero-order chi connectivity index (χ0) is 15.8. The second-order valence-corrected chi connectivity index (χ2v) is 6.15. The Bertz CT molecular complexity index is 725. The third-order valence-corrected chi connectivity index (χ3v) is 4.70. The van der Waals surface area contributed by atoms with Crippen molar-refractivity contribution in [3.8, 4) is 11.4 Å². The standard InChI is InChI=1S/C17H17FN4O/c18-13-2-3-14(16-20-4-1-5-21-16)15(6-13)17(23)22-9-11-7-19-8-12(11)10-22/h1-6,11-12,19H,7-10H2. The van der Waals surface area contributed by atoms with Crippen LogP contribution in [0, 0.1) is 17.7 Å². The first-order valence-electron chi connectivity index (χ1n) is 7.79. The second-order valence-electron chi connectivity index (χ2n) is 6.15. The number of hydrogen-bond acceptors (Lipinski definition) is 4. The van der Waals surface area contributed by atoms with E-state index in [2.05, 4.69) is 15.3 Å². The lowest BCUT2D eigenvalue weighted by Gasteiger charge is -2.19. The Balaban J connectivity index is 1.68. The summed E-state index contributed by atoms with van der Waals surface area (Å²) in [5.74, 6) is 0.889. The SMILES string of the molecule is O=C(c1cc(F)ccc1-c1ncccn1)N1CC2CNCC2C1. The Morgan fingerprint density at radius 3 is 2.57 bits per heavy atom. The highest BCUT2D eigenvalue weighted by molar-refractivity contribution is 6.00. The molecule has 0 spiro atoms. The van der Waals surface area contributed by atoms with Gasteiger partial charge in [-0.15, -0.1) is 0 Å². The summed E-state index contributed by atoms with van der Waals surface area (Å²) in [6.07, 6.45) is 3.23. The van der Waals surface area contributed by atoms with Gasteiger partial charge in [-0.2, -0.15) is 0 Å². The van der Waals surface area contributed by atoms with Crippen LogP contribution in [0.15, 0.2) is 36.7 Å². The summed E-state index contributed by atoms with van der Waals surface area (Å²) in [6.45, 7) is 3.35.